The lowest BCUT2D eigenvalue weighted by Gasteiger charge is -2.33. The predicted molar refractivity (Wildman–Crippen MR) is 124 cm³/mol. The topological polar surface area (TPSA) is 111 Å². The number of carbonyl (C=O) groups is 2. The third-order valence-corrected chi connectivity index (χ3v) is 6.20. The lowest BCUT2D eigenvalue weighted by Crippen LogP contribution is -2.42. The van der Waals surface area contributed by atoms with Gasteiger partial charge in [0.2, 0.25) is 11.9 Å². The summed E-state index contributed by atoms with van der Waals surface area (Å²) < 4.78 is 0. The molecule has 32 heavy (non-hydrogen) atoms. The standard InChI is InChI=1S/C23H31N7O2/c1-15(2)17-7-9-30(10-8-17)22-25-12-19(13-26-22)28-18-5-3-16(4-6-18)11-24-21(31)20-14-27-23(32)29-20/h3-6,12-13,15,17,20,28H,7-11,14H2,1-2H3,(H,24,31)(H2,27,29,32)/t20-/m1/s1. The smallest absolute Gasteiger partial charge is 0.315 e. The zero-order chi connectivity index (χ0) is 22.5. The molecule has 0 unspecified atom stereocenters. The number of rotatable bonds is 7. The fraction of sp³-hybridized carbons (Fsp3) is 0.478. The number of piperidine rings is 1. The van der Waals surface area contributed by atoms with Crippen molar-refractivity contribution in [3.8, 4) is 0 Å². The van der Waals surface area contributed by atoms with Crippen LogP contribution in [0.3, 0.4) is 0 Å². The van der Waals surface area contributed by atoms with Gasteiger partial charge in [-0.3, -0.25) is 4.79 Å². The van der Waals surface area contributed by atoms with Crippen molar-refractivity contribution in [1.82, 2.24) is 25.9 Å². The van der Waals surface area contributed by atoms with Gasteiger partial charge in [0.25, 0.3) is 0 Å². The number of amides is 3. The molecule has 1 aromatic carbocycles. The Balaban J connectivity index is 1.25. The first-order valence-corrected chi connectivity index (χ1v) is 11.2. The maximum atomic E-state index is 12.1. The van der Waals surface area contributed by atoms with Crippen LogP contribution < -0.4 is 26.2 Å². The summed E-state index contributed by atoms with van der Waals surface area (Å²) >= 11 is 0. The van der Waals surface area contributed by atoms with Crippen molar-refractivity contribution in [3.05, 3.63) is 42.2 Å². The summed E-state index contributed by atoms with van der Waals surface area (Å²) in [4.78, 5) is 34.6. The molecule has 2 aromatic rings. The molecule has 9 heteroatoms. The van der Waals surface area contributed by atoms with Gasteiger partial charge < -0.3 is 26.2 Å². The SMILES string of the molecule is CC(C)C1CCN(c2ncc(Nc3ccc(CNC(=O)[C@H]4CNC(=O)N4)cc3)cn2)CC1. The molecular weight excluding hydrogens is 406 g/mol. The molecular formula is C23H31N7O2. The quantitative estimate of drug-likeness (QED) is 0.529. The average molecular weight is 438 g/mol. The summed E-state index contributed by atoms with van der Waals surface area (Å²) in [7, 11) is 0. The number of anilines is 3. The van der Waals surface area contributed by atoms with Crippen molar-refractivity contribution in [1.29, 1.82) is 0 Å². The number of carbonyl (C=O) groups excluding carboxylic acids is 2. The van der Waals surface area contributed by atoms with Crippen LogP contribution in [0.25, 0.3) is 0 Å². The van der Waals surface area contributed by atoms with Gasteiger partial charge >= 0.3 is 6.03 Å². The molecule has 2 saturated heterocycles. The van der Waals surface area contributed by atoms with Crippen molar-refractivity contribution >= 4 is 29.3 Å². The molecule has 0 aliphatic carbocycles. The third-order valence-electron chi connectivity index (χ3n) is 6.20. The zero-order valence-corrected chi connectivity index (χ0v) is 18.6. The molecule has 0 radical (unpaired) electrons. The molecule has 0 spiro atoms. The Hall–Kier alpha value is -3.36. The summed E-state index contributed by atoms with van der Waals surface area (Å²) in [6.45, 7) is 7.33. The number of hydrogen-bond acceptors (Lipinski definition) is 6. The maximum Gasteiger partial charge on any atom is 0.315 e. The van der Waals surface area contributed by atoms with Crippen molar-refractivity contribution in [2.24, 2.45) is 11.8 Å². The van der Waals surface area contributed by atoms with E-state index in [9.17, 15) is 9.59 Å². The molecule has 3 heterocycles. The Kier molecular flexibility index (Phi) is 6.72. The van der Waals surface area contributed by atoms with Gasteiger partial charge in [-0.15, -0.1) is 0 Å². The van der Waals surface area contributed by atoms with E-state index in [-0.39, 0.29) is 11.9 Å². The van der Waals surface area contributed by atoms with Crippen LogP contribution in [0.5, 0.6) is 0 Å². The molecule has 4 N–H and O–H groups in total. The highest BCUT2D eigenvalue weighted by Gasteiger charge is 2.26. The first kappa shape index (κ1) is 21.9. The molecule has 1 atom stereocenters. The molecule has 3 amide bonds. The molecule has 9 nitrogen and oxygen atoms in total. The first-order valence-electron chi connectivity index (χ1n) is 11.2. The van der Waals surface area contributed by atoms with Gasteiger partial charge in [-0.2, -0.15) is 0 Å². The van der Waals surface area contributed by atoms with Gasteiger partial charge in [-0.05, 0) is 42.4 Å². The van der Waals surface area contributed by atoms with Gasteiger partial charge in [-0.1, -0.05) is 26.0 Å². The molecule has 0 bridgehead atoms. The zero-order valence-electron chi connectivity index (χ0n) is 18.6. The highest BCUT2D eigenvalue weighted by Crippen LogP contribution is 2.26. The van der Waals surface area contributed by atoms with Crippen LogP contribution in [0, 0.1) is 11.8 Å². The molecule has 2 aliphatic rings. The van der Waals surface area contributed by atoms with Crippen LogP contribution in [-0.4, -0.2) is 47.6 Å². The summed E-state index contributed by atoms with van der Waals surface area (Å²) in [6.07, 6.45) is 6.02. The predicted octanol–water partition coefficient (Wildman–Crippen LogP) is 2.39. The molecule has 0 saturated carbocycles. The van der Waals surface area contributed by atoms with E-state index in [1.165, 1.54) is 12.8 Å². The van der Waals surface area contributed by atoms with Crippen LogP contribution in [0.1, 0.15) is 32.3 Å². The average Bonchev–Trinajstić information content (AvgIpc) is 3.25. The highest BCUT2D eigenvalue weighted by atomic mass is 16.2. The highest BCUT2D eigenvalue weighted by molar-refractivity contribution is 5.90. The lowest BCUT2D eigenvalue weighted by molar-refractivity contribution is -0.122. The minimum Gasteiger partial charge on any atom is -0.353 e. The Morgan fingerprint density at radius 2 is 1.81 bits per heavy atom. The number of aromatic nitrogens is 2. The summed E-state index contributed by atoms with van der Waals surface area (Å²) in [5.41, 5.74) is 2.72. The van der Waals surface area contributed by atoms with Gasteiger partial charge in [0.1, 0.15) is 6.04 Å². The third kappa shape index (κ3) is 5.46. The van der Waals surface area contributed by atoms with E-state index >= 15 is 0 Å². The minimum absolute atomic E-state index is 0.198. The number of nitrogens with zero attached hydrogens (tertiary/aromatic N) is 3. The molecule has 2 aliphatic heterocycles. The van der Waals surface area contributed by atoms with Crippen LogP contribution in [0.15, 0.2) is 36.7 Å². The van der Waals surface area contributed by atoms with Gasteiger partial charge in [0.15, 0.2) is 0 Å². The minimum atomic E-state index is -0.520. The largest absolute Gasteiger partial charge is 0.353 e. The van der Waals surface area contributed by atoms with Gasteiger partial charge in [0, 0.05) is 31.9 Å². The summed E-state index contributed by atoms with van der Waals surface area (Å²) in [5, 5.41) is 11.3. The van der Waals surface area contributed by atoms with Crippen molar-refractivity contribution in [3.63, 3.8) is 0 Å². The fourth-order valence-electron chi connectivity index (χ4n) is 4.11. The van der Waals surface area contributed by atoms with E-state index in [1.807, 2.05) is 36.7 Å². The molecule has 4 rings (SSSR count). The van der Waals surface area contributed by atoms with Gasteiger partial charge in [0.05, 0.1) is 18.1 Å². The van der Waals surface area contributed by atoms with Crippen molar-refractivity contribution in [2.75, 3.05) is 29.9 Å². The molecule has 1 aromatic heterocycles. The first-order chi connectivity index (χ1) is 15.5. The Bertz CT molecular complexity index is 922. The van der Waals surface area contributed by atoms with Crippen molar-refractivity contribution in [2.45, 2.75) is 39.3 Å². The van der Waals surface area contributed by atoms with Crippen LogP contribution in [-0.2, 0) is 11.3 Å². The molecule has 170 valence electrons. The second kappa shape index (κ2) is 9.84. The normalized spacial score (nSPS) is 18.9. The Morgan fingerprint density at radius 3 is 2.41 bits per heavy atom. The lowest BCUT2D eigenvalue weighted by atomic mass is 9.87. The van der Waals surface area contributed by atoms with E-state index in [0.29, 0.717) is 13.1 Å². The Morgan fingerprint density at radius 1 is 1.12 bits per heavy atom. The maximum absolute atomic E-state index is 12.1. The number of urea groups is 1. The number of hydrogen-bond donors (Lipinski definition) is 4. The van der Waals surface area contributed by atoms with Crippen LogP contribution >= 0.6 is 0 Å². The van der Waals surface area contributed by atoms with Gasteiger partial charge in [-0.25, -0.2) is 14.8 Å². The van der Waals surface area contributed by atoms with E-state index in [2.05, 4.69) is 50.0 Å². The molecule has 2 fully saturated rings. The summed E-state index contributed by atoms with van der Waals surface area (Å²) in [5.74, 6) is 2.12. The monoisotopic (exact) mass is 437 g/mol. The fourth-order valence-corrected chi connectivity index (χ4v) is 4.11. The summed E-state index contributed by atoms with van der Waals surface area (Å²) in [6, 6.07) is 6.96. The van der Waals surface area contributed by atoms with E-state index < -0.39 is 6.04 Å². The second-order valence-corrected chi connectivity index (χ2v) is 8.79. The van der Waals surface area contributed by atoms with Crippen LogP contribution in [0.4, 0.5) is 22.1 Å². The van der Waals surface area contributed by atoms with E-state index in [4.69, 9.17) is 0 Å². The number of nitrogens with one attached hydrogen (secondary N) is 4. The Labute approximate surface area is 188 Å². The van der Waals surface area contributed by atoms with E-state index in [0.717, 1.165) is 47.8 Å². The van der Waals surface area contributed by atoms with Crippen molar-refractivity contribution < 1.29 is 9.59 Å². The second-order valence-electron chi connectivity index (χ2n) is 8.79. The van der Waals surface area contributed by atoms with Crippen LogP contribution in [0.2, 0.25) is 0 Å². The van der Waals surface area contributed by atoms with E-state index in [1.54, 1.807) is 0 Å². The number of benzene rings is 1.